The van der Waals surface area contributed by atoms with Crippen molar-refractivity contribution in [2.24, 2.45) is 5.92 Å². The van der Waals surface area contributed by atoms with Crippen LogP contribution >= 0.6 is 0 Å². The number of ketones is 1. The first-order valence-corrected chi connectivity index (χ1v) is 5.95. The molecule has 5 heteroatoms. The Labute approximate surface area is 106 Å². The summed E-state index contributed by atoms with van der Waals surface area (Å²) in [4.78, 5) is 24.2. The van der Waals surface area contributed by atoms with Crippen molar-refractivity contribution in [3.8, 4) is 0 Å². The highest BCUT2D eigenvalue weighted by molar-refractivity contribution is 5.89. The second-order valence-corrected chi connectivity index (χ2v) is 4.89. The SMILES string of the molecule is CN(C)C(C(=O)C1CC1)c1ccc([N+](=O)[O-])cc1. The van der Waals surface area contributed by atoms with Gasteiger partial charge in [0, 0.05) is 18.1 Å². The van der Waals surface area contributed by atoms with E-state index in [-0.39, 0.29) is 23.4 Å². The number of benzene rings is 1. The van der Waals surface area contributed by atoms with E-state index in [2.05, 4.69) is 0 Å². The molecule has 18 heavy (non-hydrogen) atoms. The number of hydrogen-bond donors (Lipinski definition) is 0. The van der Waals surface area contributed by atoms with Gasteiger partial charge in [-0.2, -0.15) is 0 Å². The van der Waals surface area contributed by atoms with Gasteiger partial charge in [-0.3, -0.25) is 19.8 Å². The van der Waals surface area contributed by atoms with E-state index in [9.17, 15) is 14.9 Å². The monoisotopic (exact) mass is 248 g/mol. The second kappa shape index (κ2) is 4.86. The molecule has 5 nitrogen and oxygen atoms in total. The number of carbonyl (C=O) groups is 1. The van der Waals surface area contributed by atoms with Gasteiger partial charge in [0.05, 0.1) is 11.0 Å². The predicted octanol–water partition coefficient (Wildman–Crippen LogP) is 2.18. The maximum atomic E-state index is 12.2. The lowest BCUT2D eigenvalue weighted by molar-refractivity contribution is -0.384. The van der Waals surface area contributed by atoms with Crippen molar-refractivity contribution >= 4 is 11.5 Å². The second-order valence-electron chi connectivity index (χ2n) is 4.89. The third-order valence-electron chi connectivity index (χ3n) is 3.19. The first-order chi connectivity index (χ1) is 8.50. The van der Waals surface area contributed by atoms with Gasteiger partial charge in [-0.25, -0.2) is 0 Å². The lowest BCUT2D eigenvalue weighted by Gasteiger charge is -2.23. The summed E-state index contributed by atoms with van der Waals surface area (Å²) in [7, 11) is 3.71. The van der Waals surface area contributed by atoms with E-state index in [1.165, 1.54) is 12.1 Å². The smallest absolute Gasteiger partial charge is 0.269 e. The normalized spacial score (nSPS) is 16.6. The van der Waals surface area contributed by atoms with Crippen molar-refractivity contribution in [1.82, 2.24) is 4.90 Å². The van der Waals surface area contributed by atoms with Crippen LogP contribution in [0, 0.1) is 16.0 Å². The molecule has 0 radical (unpaired) electrons. The first kappa shape index (κ1) is 12.7. The number of rotatable bonds is 5. The van der Waals surface area contributed by atoms with Crippen LogP contribution in [0.4, 0.5) is 5.69 Å². The van der Waals surface area contributed by atoms with Gasteiger partial charge in [0.2, 0.25) is 0 Å². The van der Waals surface area contributed by atoms with Crippen LogP contribution in [-0.2, 0) is 4.79 Å². The number of hydrogen-bond acceptors (Lipinski definition) is 4. The van der Waals surface area contributed by atoms with Crippen LogP contribution in [-0.4, -0.2) is 29.7 Å². The van der Waals surface area contributed by atoms with Gasteiger partial charge < -0.3 is 0 Å². The van der Waals surface area contributed by atoms with Crippen molar-refractivity contribution in [2.45, 2.75) is 18.9 Å². The predicted molar refractivity (Wildman–Crippen MR) is 67.3 cm³/mol. The molecule has 0 N–H and O–H groups in total. The topological polar surface area (TPSA) is 63.5 Å². The van der Waals surface area contributed by atoms with Crippen molar-refractivity contribution in [2.75, 3.05) is 14.1 Å². The number of carbonyl (C=O) groups excluding carboxylic acids is 1. The lowest BCUT2D eigenvalue weighted by atomic mass is 9.98. The highest BCUT2D eigenvalue weighted by Crippen LogP contribution is 2.36. The summed E-state index contributed by atoms with van der Waals surface area (Å²) >= 11 is 0. The van der Waals surface area contributed by atoms with Gasteiger partial charge in [0.25, 0.3) is 5.69 Å². The molecule has 1 saturated carbocycles. The summed E-state index contributed by atoms with van der Waals surface area (Å²) in [6.07, 6.45) is 1.94. The zero-order chi connectivity index (χ0) is 13.3. The van der Waals surface area contributed by atoms with Crippen LogP contribution in [0.3, 0.4) is 0 Å². The molecule has 1 aliphatic rings. The summed E-state index contributed by atoms with van der Waals surface area (Å²) < 4.78 is 0. The molecular formula is C13H16N2O3. The zero-order valence-electron chi connectivity index (χ0n) is 10.5. The Kier molecular flexibility index (Phi) is 3.43. The number of Topliss-reactive ketones (excluding diaryl/α,β-unsaturated/α-hetero) is 1. The average molecular weight is 248 g/mol. The standard InChI is InChI=1S/C13H16N2O3/c1-14(2)12(13(16)10-3-4-10)9-5-7-11(8-6-9)15(17)18/h5-8,10,12H,3-4H2,1-2H3. The molecule has 96 valence electrons. The van der Waals surface area contributed by atoms with Crippen LogP contribution in [0.15, 0.2) is 24.3 Å². The van der Waals surface area contributed by atoms with E-state index in [0.717, 1.165) is 18.4 Å². The number of nitro groups is 1. The third kappa shape index (κ3) is 2.56. The number of non-ortho nitro benzene ring substituents is 1. The summed E-state index contributed by atoms with van der Waals surface area (Å²) in [6.45, 7) is 0. The number of nitro benzene ring substituents is 1. The summed E-state index contributed by atoms with van der Waals surface area (Å²) in [5.74, 6) is 0.390. The van der Waals surface area contributed by atoms with Crippen LogP contribution in [0.5, 0.6) is 0 Å². The fraction of sp³-hybridized carbons (Fsp3) is 0.462. The van der Waals surface area contributed by atoms with Crippen LogP contribution in [0.25, 0.3) is 0 Å². The molecular weight excluding hydrogens is 232 g/mol. The van der Waals surface area contributed by atoms with E-state index in [1.54, 1.807) is 12.1 Å². The summed E-state index contributed by atoms with van der Waals surface area (Å²) in [6, 6.07) is 5.95. The van der Waals surface area contributed by atoms with Crippen LogP contribution in [0.2, 0.25) is 0 Å². The summed E-state index contributed by atoms with van der Waals surface area (Å²) in [5.41, 5.74) is 0.873. The lowest BCUT2D eigenvalue weighted by Crippen LogP contribution is -2.28. The molecule has 2 rings (SSSR count). The van der Waals surface area contributed by atoms with Gasteiger partial charge in [-0.15, -0.1) is 0 Å². The Morgan fingerprint density at radius 1 is 1.33 bits per heavy atom. The maximum absolute atomic E-state index is 12.2. The molecule has 1 fully saturated rings. The molecule has 1 aliphatic carbocycles. The van der Waals surface area contributed by atoms with E-state index in [0.29, 0.717) is 0 Å². The molecule has 1 aromatic rings. The number of nitrogens with zero attached hydrogens (tertiary/aromatic N) is 2. The van der Waals surface area contributed by atoms with Crippen molar-refractivity contribution in [1.29, 1.82) is 0 Å². The minimum absolute atomic E-state index is 0.0510. The Bertz CT molecular complexity index is 464. The molecule has 0 amide bonds. The molecule has 1 aromatic carbocycles. The molecule has 0 spiro atoms. The van der Waals surface area contributed by atoms with E-state index in [1.807, 2.05) is 19.0 Å². The van der Waals surface area contributed by atoms with E-state index < -0.39 is 4.92 Å². The first-order valence-electron chi connectivity index (χ1n) is 5.95. The van der Waals surface area contributed by atoms with Crippen molar-refractivity contribution in [3.63, 3.8) is 0 Å². The van der Waals surface area contributed by atoms with Gasteiger partial charge in [-0.05, 0) is 32.5 Å². The van der Waals surface area contributed by atoms with Crippen LogP contribution in [0.1, 0.15) is 24.4 Å². The molecule has 0 aromatic heterocycles. The molecule has 0 aliphatic heterocycles. The van der Waals surface area contributed by atoms with Gasteiger partial charge >= 0.3 is 0 Å². The van der Waals surface area contributed by atoms with E-state index in [4.69, 9.17) is 0 Å². The van der Waals surface area contributed by atoms with Gasteiger partial charge in [0.15, 0.2) is 5.78 Å². The molecule has 0 saturated heterocycles. The maximum Gasteiger partial charge on any atom is 0.269 e. The quantitative estimate of drug-likeness (QED) is 0.591. The average Bonchev–Trinajstić information content (AvgIpc) is 3.13. The molecule has 0 bridgehead atoms. The molecule has 1 unspecified atom stereocenters. The minimum atomic E-state index is -0.433. The Morgan fingerprint density at radius 2 is 1.89 bits per heavy atom. The van der Waals surface area contributed by atoms with Crippen LogP contribution < -0.4 is 0 Å². The van der Waals surface area contributed by atoms with E-state index >= 15 is 0 Å². The van der Waals surface area contributed by atoms with Gasteiger partial charge in [-0.1, -0.05) is 12.1 Å². The zero-order valence-corrected chi connectivity index (χ0v) is 10.5. The largest absolute Gasteiger partial charge is 0.297 e. The number of likely N-dealkylation sites (N-methyl/N-ethyl adjacent to an activating group) is 1. The fourth-order valence-electron chi connectivity index (χ4n) is 2.09. The van der Waals surface area contributed by atoms with Gasteiger partial charge in [0.1, 0.15) is 0 Å². The minimum Gasteiger partial charge on any atom is -0.297 e. The Balaban J connectivity index is 2.25. The summed E-state index contributed by atoms with van der Waals surface area (Å²) in [5, 5.41) is 10.6. The highest BCUT2D eigenvalue weighted by atomic mass is 16.6. The Hall–Kier alpha value is -1.75. The highest BCUT2D eigenvalue weighted by Gasteiger charge is 2.36. The molecule has 0 heterocycles. The Morgan fingerprint density at radius 3 is 2.28 bits per heavy atom. The van der Waals surface area contributed by atoms with Crippen molar-refractivity contribution in [3.05, 3.63) is 39.9 Å². The fourth-order valence-corrected chi connectivity index (χ4v) is 2.09. The third-order valence-corrected chi connectivity index (χ3v) is 3.19. The van der Waals surface area contributed by atoms with Crippen molar-refractivity contribution < 1.29 is 9.72 Å². The molecule has 1 atom stereocenters.